The Morgan fingerprint density at radius 2 is 2.46 bits per heavy atom. The SMILES string of the molecule is COC(=O)[C@H]1CC(C)=CC[C@@H]1CO. The minimum atomic E-state index is -0.202. The Hall–Kier alpha value is -0.830. The summed E-state index contributed by atoms with van der Waals surface area (Å²) in [5.41, 5.74) is 1.21. The molecule has 0 unspecified atom stereocenters. The number of aliphatic hydroxyl groups excluding tert-OH is 1. The maximum absolute atomic E-state index is 11.3. The largest absolute Gasteiger partial charge is 0.469 e. The zero-order valence-corrected chi connectivity index (χ0v) is 8.12. The maximum Gasteiger partial charge on any atom is 0.309 e. The van der Waals surface area contributed by atoms with Crippen LogP contribution < -0.4 is 0 Å². The number of hydrogen-bond acceptors (Lipinski definition) is 3. The van der Waals surface area contributed by atoms with Gasteiger partial charge in [0, 0.05) is 6.61 Å². The van der Waals surface area contributed by atoms with Gasteiger partial charge in [-0.25, -0.2) is 0 Å². The highest BCUT2D eigenvalue weighted by Crippen LogP contribution is 2.29. The molecule has 13 heavy (non-hydrogen) atoms. The van der Waals surface area contributed by atoms with Gasteiger partial charge in [0.25, 0.3) is 0 Å². The number of esters is 1. The molecule has 0 spiro atoms. The summed E-state index contributed by atoms with van der Waals surface area (Å²) < 4.78 is 4.69. The number of allylic oxidation sites excluding steroid dienone is 2. The second-order valence-corrected chi connectivity index (χ2v) is 3.56. The number of carbonyl (C=O) groups excluding carboxylic acids is 1. The van der Waals surface area contributed by atoms with Gasteiger partial charge in [0.1, 0.15) is 0 Å². The van der Waals surface area contributed by atoms with Gasteiger partial charge >= 0.3 is 5.97 Å². The van der Waals surface area contributed by atoms with Gasteiger partial charge in [0.05, 0.1) is 13.0 Å². The molecule has 2 atom stereocenters. The molecule has 0 bridgehead atoms. The molecule has 0 aliphatic heterocycles. The van der Waals surface area contributed by atoms with Crippen molar-refractivity contribution in [3.63, 3.8) is 0 Å². The third-order valence-corrected chi connectivity index (χ3v) is 2.62. The van der Waals surface area contributed by atoms with E-state index < -0.39 is 0 Å². The second kappa shape index (κ2) is 4.42. The predicted molar refractivity (Wildman–Crippen MR) is 49.1 cm³/mol. The molecular formula is C10H16O3. The molecule has 3 nitrogen and oxygen atoms in total. The summed E-state index contributed by atoms with van der Waals surface area (Å²) in [7, 11) is 1.39. The van der Waals surface area contributed by atoms with Crippen molar-refractivity contribution < 1.29 is 14.6 Å². The van der Waals surface area contributed by atoms with Crippen molar-refractivity contribution in [2.24, 2.45) is 11.8 Å². The standard InChI is InChI=1S/C10H16O3/c1-7-3-4-8(6-11)9(5-7)10(12)13-2/h3,8-9,11H,4-6H2,1-2H3/t8-,9+/m1/s1. The van der Waals surface area contributed by atoms with Crippen molar-refractivity contribution in [1.29, 1.82) is 0 Å². The van der Waals surface area contributed by atoms with Crippen LogP contribution in [0.2, 0.25) is 0 Å². The van der Waals surface area contributed by atoms with Gasteiger partial charge in [-0.15, -0.1) is 0 Å². The summed E-state index contributed by atoms with van der Waals surface area (Å²) in [6.07, 6.45) is 3.58. The normalized spacial score (nSPS) is 28.1. The Morgan fingerprint density at radius 3 is 3.00 bits per heavy atom. The van der Waals surface area contributed by atoms with Gasteiger partial charge in [0.2, 0.25) is 0 Å². The second-order valence-electron chi connectivity index (χ2n) is 3.56. The molecule has 0 aromatic heterocycles. The van der Waals surface area contributed by atoms with Gasteiger partial charge in [-0.2, -0.15) is 0 Å². The quantitative estimate of drug-likeness (QED) is 0.517. The fraction of sp³-hybridized carbons (Fsp3) is 0.700. The third kappa shape index (κ3) is 2.31. The Kier molecular flexibility index (Phi) is 3.48. The van der Waals surface area contributed by atoms with Crippen molar-refractivity contribution in [2.75, 3.05) is 13.7 Å². The number of carbonyl (C=O) groups is 1. The van der Waals surface area contributed by atoms with Crippen LogP contribution in [0.4, 0.5) is 0 Å². The van der Waals surface area contributed by atoms with Crippen LogP contribution in [0.1, 0.15) is 19.8 Å². The van der Waals surface area contributed by atoms with Crippen molar-refractivity contribution in [1.82, 2.24) is 0 Å². The summed E-state index contributed by atoms with van der Waals surface area (Å²) in [5, 5.41) is 9.06. The van der Waals surface area contributed by atoms with Crippen LogP contribution in [0.15, 0.2) is 11.6 Å². The average molecular weight is 184 g/mol. The highest BCUT2D eigenvalue weighted by atomic mass is 16.5. The lowest BCUT2D eigenvalue weighted by Gasteiger charge is -2.26. The first-order chi connectivity index (χ1) is 6.19. The molecule has 0 aromatic rings. The average Bonchev–Trinajstić information content (AvgIpc) is 2.16. The molecular weight excluding hydrogens is 168 g/mol. The fourth-order valence-corrected chi connectivity index (χ4v) is 1.74. The molecule has 0 aromatic carbocycles. The Bertz CT molecular complexity index is 220. The molecule has 1 aliphatic carbocycles. The number of hydrogen-bond donors (Lipinski definition) is 1. The van der Waals surface area contributed by atoms with E-state index in [1.165, 1.54) is 12.7 Å². The lowest BCUT2D eigenvalue weighted by atomic mass is 9.80. The summed E-state index contributed by atoms with van der Waals surface area (Å²) in [6.45, 7) is 2.06. The lowest BCUT2D eigenvalue weighted by molar-refractivity contribution is -0.148. The van der Waals surface area contributed by atoms with E-state index >= 15 is 0 Å². The Balaban J connectivity index is 2.69. The molecule has 3 heteroatoms. The van der Waals surface area contributed by atoms with E-state index in [1.54, 1.807) is 0 Å². The number of ether oxygens (including phenoxy) is 1. The minimum absolute atomic E-state index is 0.0381. The molecule has 0 heterocycles. The highest BCUT2D eigenvalue weighted by molar-refractivity contribution is 5.73. The summed E-state index contributed by atoms with van der Waals surface area (Å²) in [5.74, 6) is -0.317. The monoisotopic (exact) mass is 184 g/mol. The molecule has 0 saturated carbocycles. The summed E-state index contributed by atoms with van der Waals surface area (Å²) in [6, 6.07) is 0. The van der Waals surface area contributed by atoms with Gasteiger partial charge < -0.3 is 9.84 Å². The van der Waals surface area contributed by atoms with Crippen LogP contribution in [-0.2, 0) is 9.53 Å². The van der Waals surface area contributed by atoms with E-state index in [-0.39, 0.29) is 24.4 Å². The van der Waals surface area contributed by atoms with Crippen LogP contribution in [0.25, 0.3) is 0 Å². The third-order valence-electron chi connectivity index (χ3n) is 2.62. The molecule has 1 aliphatic rings. The van der Waals surface area contributed by atoms with Crippen molar-refractivity contribution >= 4 is 5.97 Å². The van der Waals surface area contributed by atoms with E-state index in [9.17, 15) is 4.79 Å². The van der Waals surface area contributed by atoms with Gasteiger partial charge in [-0.1, -0.05) is 11.6 Å². The zero-order valence-electron chi connectivity index (χ0n) is 8.12. The van der Waals surface area contributed by atoms with Crippen molar-refractivity contribution in [2.45, 2.75) is 19.8 Å². The fourth-order valence-electron chi connectivity index (χ4n) is 1.74. The minimum Gasteiger partial charge on any atom is -0.469 e. The predicted octanol–water partition coefficient (Wildman–Crippen LogP) is 1.12. The topological polar surface area (TPSA) is 46.5 Å². The molecule has 0 fully saturated rings. The molecule has 1 rings (SSSR count). The van der Waals surface area contributed by atoms with Crippen LogP contribution in [0, 0.1) is 11.8 Å². The Labute approximate surface area is 78.4 Å². The van der Waals surface area contributed by atoms with Crippen LogP contribution in [0.3, 0.4) is 0 Å². The first kappa shape index (κ1) is 10.3. The lowest BCUT2D eigenvalue weighted by Crippen LogP contribution is -2.29. The van der Waals surface area contributed by atoms with Crippen molar-refractivity contribution in [3.05, 3.63) is 11.6 Å². The number of aliphatic hydroxyl groups is 1. The van der Waals surface area contributed by atoms with Gasteiger partial charge in [0.15, 0.2) is 0 Å². The number of methoxy groups -OCH3 is 1. The van der Waals surface area contributed by atoms with E-state index in [4.69, 9.17) is 9.84 Å². The molecule has 1 N–H and O–H groups in total. The molecule has 74 valence electrons. The summed E-state index contributed by atoms with van der Waals surface area (Å²) in [4.78, 5) is 11.3. The van der Waals surface area contributed by atoms with E-state index in [0.717, 1.165) is 12.8 Å². The van der Waals surface area contributed by atoms with Crippen LogP contribution >= 0.6 is 0 Å². The first-order valence-corrected chi connectivity index (χ1v) is 4.53. The first-order valence-electron chi connectivity index (χ1n) is 4.53. The van der Waals surface area contributed by atoms with Gasteiger partial charge in [-0.3, -0.25) is 4.79 Å². The van der Waals surface area contributed by atoms with Gasteiger partial charge in [-0.05, 0) is 25.7 Å². The van der Waals surface area contributed by atoms with E-state index in [2.05, 4.69) is 6.08 Å². The van der Waals surface area contributed by atoms with Crippen LogP contribution in [0.5, 0.6) is 0 Å². The van der Waals surface area contributed by atoms with E-state index in [0.29, 0.717) is 0 Å². The molecule has 0 radical (unpaired) electrons. The zero-order chi connectivity index (χ0) is 9.84. The molecule has 0 amide bonds. The smallest absolute Gasteiger partial charge is 0.309 e. The Morgan fingerprint density at radius 1 is 1.77 bits per heavy atom. The van der Waals surface area contributed by atoms with Crippen molar-refractivity contribution in [3.8, 4) is 0 Å². The molecule has 0 saturated heterocycles. The summed E-state index contributed by atoms with van der Waals surface area (Å²) >= 11 is 0. The maximum atomic E-state index is 11.3. The van der Waals surface area contributed by atoms with Crippen LogP contribution in [-0.4, -0.2) is 24.8 Å². The number of rotatable bonds is 2. The van der Waals surface area contributed by atoms with E-state index in [1.807, 2.05) is 6.92 Å². The highest BCUT2D eigenvalue weighted by Gasteiger charge is 2.30.